The predicted molar refractivity (Wildman–Crippen MR) is 122 cm³/mol. The Labute approximate surface area is 195 Å². The van der Waals surface area contributed by atoms with Crippen LogP contribution in [0.15, 0.2) is 12.3 Å². The number of pyridine rings is 1. The normalized spacial score (nSPS) is 20.5. The van der Waals surface area contributed by atoms with Gasteiger partial charge >= 0.3 is 5.97 Å². The fourth-order valence-electron chi connectivity index (χ4n) is 4.17. The van der Waals surface area contributed by atoms with Gasteiger partial charge in [-0.05, 0) is 58.1 Å². The van der Waals surface area contributed by atoms with E-state index in [0.29, 0.717) is 22.4 Å². The number of nitrogens with one attached hydrogen (secondary N) is 1. The molecule has 10 heteroatoms. The SMILES string of the molecule is CCOC(=O)c1nc(C(=O)N2CC(F)(F)C[C@@H]2C)c(-c2cnc(N[C@@H](C)C3CC3)cc2C)s1. The van der Waals surface area contributed by atoms with Crippen LogP contribution in [0.3, 0.4) is 0 Å². The molecule has 2 aliphatic rings. The number of rotatable bonds is 7. The minimum absolute atomic E-state index is 0.0118. The third kappa shape index (κ3) is 5.00. The van der Waals surface area contributed by atoms with Crippen LogP contribution >= 0.6 is 11.3 Å². The van der Waals surface area contributed by atoms with E-state index in [9.17, 15) is 18.4 Å². The van der Waals surface area contributed by atoms with Gasteiger partial charge in [0.1, 0.15) is 11.5 Å². The van der Waals surface area contributed by atoms with Crippen molar-refractivity contribution >= 4 is 29.0 Å². The number of carbonyl (C=O) groups excluding carboxylic acids is 2. The predicted octanol–water partition coefficient (Wildman–Crippen LogP) is 4.77. The number of likely N-dealkylation sites (tertiary alicyclic amines) is 1. The number of nitrogens with zero attached hydrogens (tertiary/aromatic N) is 3. The van der Waals surface area contributed by atoms with E-state index in [1.54, 1.807) is 20.0 Å². The van der Waals surface area contributed by atoms with E-state index in [4.69, 9.17) is 4.74 Å². The van der Waals surface area contributed by atoms with Crippen molar-refractivity contribution in [2.45, 2.75) is 65.0 Å². The molecule has 7 nitrogen and oxygen atoms in total. The molecule has 0 bridgehead atoms. The Morgan fingerprint density at radius 1 is 1.39 bits per heavy atom. The Hall–Kier alpha value is -2.62. The lowest BCUT2D eigenvalue weighted by molar-refractivity contribution is 0.0117. The van der Waals surface area contributed by atoms with Crippen LogP contribution in [0.25, 0.3) is 10.4 Å². The lowest BCUT2D eigenvalue weighted by Gasteiger charge is -2.20. The summed E-state index contributed by atoms with van der Waals surface area (Å²) in [6.07, 6.45) is 3.66. The number of hydrogen-bond acceptors (Lipinski definition) is 7. The van der Waals surface area contributed by atoms with Crippen LogP contribution in [0.2, 0.25) is 0 Å². The van der Waals surface area contributed by atoms with Crippen molar-refractivity contribution in [1.82, 2.24) is 14.9 Å². The summed E-state index contributed by atoms with van der Waals surface area (Å²) in [7, 11) is 0. The summed E-state index contributed by atoms with van der Waals surface area (Å²) < 4.78 is 33.0. The highest BCUT2D eigenvalue weighted by Gasteiger charge is 2.46. The van der Waals surface area contributed by atoms with Gasteiger partial charge in [-0.3, -0.25) is 4.79 Å². The summed E-state index contributed by atoms with van der Waals surface area (Å²) in [5, 5.41) is 3.42. The van der Waals surface area contributed by atoms with E-state index in [0.717, 1.165) is 27.6 Å². The number of esters is 1. The molecule has 2 fully saturated rings. The van der Waals surface area contributed by atoms with Gasteiger partial charge in [-0.2, -0.15) is 0 Å². The molecule has 2 atom stereocenters. The van der Waals surface area contributed by atoms with Crippen molar-refractivity contribution in [3.8, 4) is 10.4 Å². The van der Waals surface area contributed by atoms with Crippen LogP contribution in [0, 0.1) is 12.8 Å². The van der Waals surface area contributed by atoms with Gasteiger partial charge in [-0.25, -0.2) is 23.5 Å². The fourth-order valence-corrected chi connectivity index (χ4v) is 5.19. The number of carbonyl (C=O) groups is 2. The molecule has 178 valence electrons. The van der Waals surface area contributed by atoms with Crippen LogP contribution in [-0.4, -0.2) is 57.9 Å². The Morgan fingerprint density at radius 2 is 2.12 bits per heavy atom. The van der Waals surface area contributed by atoms with E-state index < -0.39 is 36.8 Å². The molecule has 1 aliphatic heterocycles. The van der Waals surface area contributed by atoms with Crippen molar-refractivity contribution in [2.75, 3.05) is 18.5 Å². The molecule has 2 aromatic heterocycles. The van der Waals surface area contributed by atoms with E-state index >= 15 is 0 Å². The summed E-state index contributed by atoms with van der Waals surface area (Å²) in [5.41, 5.74) is 1.45. The van der Waals surface area contributed by atoms with Crippen molar-refractivity contribution in [3.05, 3.63) is 28.5 Å². The van der Waals surface area contributed by atoms with Crippen LogP contribution in [0.4, 0.5) is 14.6 Å². The zero-order valence-corrected chi connectivity index (χ0v) is 20.0. The molecule has 2 aromatic rings. The molecule has 1 saturated carbocycles. The summed E-state index contributed by atoms with van der Waals surface area (Å²) >= 11 is 1.02. The van der Waals surface area contributed by atoms with Crippen LogP contribution in [0.1, 0.15) is 65.9 Å². The number of thiazole rings is 1. The minimum atomic E-state index is -2.95. The van der Waals surface area contributed by atoms with Gasteiger partial charge in [0.15, 0.2) is 0 Å². The van der Waals surface area contributed by atoms with Gasteiger partial charge < -0.3 is 15.0 Å². The molecule has 0 spiro atoms. The quantitative estimate of drug-likeness (QED) is 0.577. The molecule has 1 amide bonds. The maximum absolute atomic E-state index is 13.9. The highest BCUT2D eigenvalue weighted by molar-refractivity contribution is 7.17. The first-order valence-corrected chi connectivity index (χ1v) is 12.0. The molecule has 4 rings (SSSR count). The number of aryl methyl sites for hydroxylation is 1. The van der Waals surface area contributed by atoms with E-state index in [2.05, 4.69) is 22.2 Å². The first-order valence-electron chi connectivity index (χ1n) is 11.2. The monoisotopic (exact) mass is 478 g/mol. The van der Waals surface area contributed by atoms with Gasteiger partial charge in [0.25, 0.3) is 11.8 Å². The summed E-state index contributed by atoms with van der Waals surface area (Å²) in [6, 6.07) is 1.57. The summed E-state index contributed by atoms with van der Waals surface area (Å²) in [6.45, 7) is 6.76. The summed E-state index contributed by atoms with van der Waals surface area (Å²) in [5.74, 6) is -2.83. The van der Waals surface area contributed by atoms with E-state index in [1.807, 2.05) is 13.0 Å². The molecule has 0 radical (unpaired) electrons. The minimum Gasteiger partial charge on any atom is -0.461 e. The maximum Gasteiger partial charge on any atom is 0.367 e. The average Bonchev–Trinajstić information content (AvgIpc) is 3.44. The second kappa shape index (κ2) is 8.96. The number of anilines is 1. The molecule has 0 unspecified atom stereocenters. The third-order valence-electron chi connectivity index (χ3n) is 6.13. The lowest BCUT2D eigenvalue weighted by atomic mass is 10.1. The zero-order chi connectivity index (χ0) is 23.9. The highest BCUT2D eigenvalue weighted by Crippen LogP contribution is 2.38. The molecule has 1 N–H and O–H groups in total. The standard InChI is InChI=1S/C23H28F2N4O3S/c1-5-32-22(31)20-28-18(21(30)29-11-23(24,25)9-13(29)3)19(33-20)16-10-26-17(8-12(16)2)27-14(4)15-6-7-15/h8,10,13-15H,5-7,9,11H2,1-4H3,(H,26,27)/t13-,14-/m0/s1. The Kier molecular flexibility index (Phi) is 6.39. The maximum atomic E-state index is 13.9. The molecule has 1 saturated heterocycles. The van der Waals surface area contributed by atoms with Crippen LogP contribution in [0.5, 0.6) is 0 Å². The zero-order valence-electron chi connectivity index (χ0n) is 19.2. The molecular formula is C23H28F2N4O3S. The number of halogens is 2. The molecule has 33 heavy (non-hydrogen) atoms. The number of amides is 1. The van der Waals surface area contributed by atoms with Gasteiger partial charge in [0.05, 0.1) is 18.0 Å². The molecule has 1 aliphatic carbocycles. The molecular weight excluding hydrogens is 450 g/mol. The van der Waals surface area contributed by atoms with E-state index in [1.165, 1.54) is 12.8 Å². The fraction of sp³-hybridized carbons (Fsp3) is 0.565. The Morgan fingerprint density at radius 3 is 2.70 bits per heavy atom. The van der Waals surface area contributed by atoms with Crippen molar-refractivity contribution in [1.29, 1.82) is 0 Å². The summed E-state index contributed by atoms with van der Waals surface area (Å²) in [4.78, 5) is 35.9. The van der Waals surface area contributed by atoms with Gasteiger partial charge in [-0.15, -0.1) is 11.3 Å². The van der Waals surface area contributed by atoms with Crippen LogP contribution < -0.4 is 5.32 Å². The topological polar surface area (TPSA) is 84.4 Å². The van der Waals surface area contributed by atoms with Gasteiger partial charge in [-0.1, -0.05) is 0 Å². The van der Waals surface area contributed by atoms with Crippen LogP contribution in [-0.2, 0) is 4.74 Å². The first-order chi connectivity index (χ1) is 15.6. The largest absolute Gasteiger partial charge is 0.461 e. The Balaban J connectivity index is 1.69. The number of hydrogen-bond donors (Lipinski definition) is 1. The third-order valence-corrected chi connectivity index (χ3v) is 7.20. The smallest absolute Gasteiger partial charge is 0.367 e. The van der Waals surface area contributed by atoms with Gasteiger partial charge in [0.2, 0.25) is 5.01 Å². The number of alkyl halides is 2. The first kappa shape index (κ1) is 23.5. The van der Waals surface area contributed by atoms with E-state index in [-0.39, 0.29) is 17.3 Å². The van der Waals surface area contributed by atoms with Crippen molar-refractivity contribution in [3.63, 3.8) is 0 Å². The van der Waals surface area contributed by atoms with Gasteiger partial charge in [0, 0.05) is 30.3 Å². The highest BCUT2D eigenvalue weighted by atomic mass is 32.1. The molecule has 0 aromatic carbocycles. The molecule has 3 heterocycles. The van der Waals surface area contributed by atoms with Crippen molar-refractivity contribution < 1.29 is 23.1 Å². The number of aromatic nitrogens is 2. The number of ether oxygens (including phenoxy) is 1. The van der Waals surface area contributed by atoms with Crippen molar-refractivity contribution in [2.24, 2.45) is 5.92 Å². The average molecular weight is 479 g/mol. The second-order valence-electron chi connectivity index (χ2n) is 8.91. The second-order valence-corrected chi connectivity index (χ2v) is 9.91. The Bertz CT molecular complexity index is 1070. The lowest BCUT2D eigenvalue weighted by Crippen LogP contribution is -2.35.